The second-order valence-electron chi connectivity index (χ2n) is 7.11. The molecule has 0 heterocycles. The molecule has 2 N–H and O–H groups in total. The van der Waals surface area contributed by atoms with E-state index < -0.39 is 5.97 Å². The van der Waals surface area contributed by atoms with Gasteiger partial charge in [0.25, 0.3) is 0 Å². The molecular formula is C22H37NaO3. The summed E-state index contributed by atoms with van der Waals surface area (Å²) in [6.45, 7) is 2.26. The van der Waals surface area contributed by atoms with Gasteiger partial charge in [0.1, 0.15) is 11.3 Å². The maximum atomic E-state index is 11.2. The minimum atomic E-state index is -1.04. The van der Waals surface area contributed by atoms with Crippen molar-refractivity contribution in [3.8, 4) is 5.75 Å². The Hall–Kier alpha value is -0.510. The number of benzene rings is 1. The maximum absolute atomic E-state index is 11.2. The predicted molar refractivity (Wildman–Crippen MR) is 112 cm³/mol. The van der Waals surface area contributed by atoms with Gasteiger partial charge in [0.2, 0.25) is 0 Å². The molecule has 0 saturated heterocycles. The van der Waals surface area contributed by atoms with Crippen LogP contribution in [0.3, 0.4) is 0 Å². The van der Waals surface area contributed by atoms with E-state index in [0.717, 1.165) is 24.8 Å². The Morgan fingerprint density at radius 1 is 0.808 bits per heavy atom. The van der Waals surface area contributed by atoms with Crippen LogP contribution < -0.4 is 0 Å². The van der Waals surface area contributed by atoms with E-state index in [1.54, 1.807) is 6.07 Å². The van der Waals surface area contributed by atoms with Crippen LogP contribution in [-0.4, -0.2) is 45.7 Å². The summed E-state index contributed by atoms with van der Waals surface area (Å²) in [4.78, 5) is 11.2. The van der Waals surface area contributed by atoms with Crippen LogP contribution in [0.5, 0.6) is 5.75 Å². The molecule has 4 heteroatoms. The molecule has 0 aromatic heterocycles. The first-order chi connectivity index (χ1) is 12.2. The van der Waals surface area contributed by atoms with Gasteiger partial charge in [0.15, 0.2) is 0 Å². The van der Waals surface area contributed by atoms with Crippen molar-refractivity contribution in [1.29, 1.82) is 0 Å². The van der Waals surface area contributed by atoms with Crippen LogP contribution in [0.25, 0.3) is 0 Å². The number of hydrogen-bond acceptors (Lipinski definition) is 2. The van der Waals surface area contributed by atoms with Gasteiger partial charge in [-0.1, -0.05) is 96.1 Å². The average Bonchev–Trinajstić information content (AvgIpc) is 2.58. The Morgan fingerprint density at radius 2 is 1.27 bits per heavy atom. The molecule has 0 aliphatic carbocycles. The molecule has 1 rings (SSSR count). The number of carboxylic acid groups (broad SMARTS) is 1. The van der Waals surface area contributed by atoms with E-state index in [-0.39, 0.29) is 40.9 Å². The first kappa shape index (κ1) is 25.5. The number of aryl methyl sites for hydroxylation is 1. The number of carbonyl (C=O) groups is 1. The van der Waals surface area contributed by atoms with E-state index >= 15 is 0 Å². The fraction of sp³-hybridized carbons (Fsp3) is 0.682. The third-order valence-electron chi connectivity index (χ3n) is 4.89. The van der Waals surface area contributed by atoms with Crippen molar-refractivity contribution in [3.63, 3.8) is 0 Å². The first-order valence-corrected chi connectivity index (χ1v) is 10.2. The van der Waals surface area contributed by atoms with Crippen LogP contribution in [0.1, 0.15) is 106 Å². The molecule has 0 saturated carbocycles. The number of unbranched alkanes of at least 4 members (excludes halogenated alkanes) is 12. The molecule has 1 aromatic rings. The molecule has 0 unspecified atom stereocenters. The Kier molecular flexibility index (Phi) is 16.3. The molecule has 0 amide bonds. The van der Waals surface area contributed by atoms with E-state index in [1.807, 2.05) is 6.07 Å². The second-order valence-corrected chi connectivity index (χ2v) is 7.11. The number of rotatable bonds is 15. The zero-order chi connectivity index (χ0) is 18.3. The van der Waals surface area contributed by atoms with E-state index in [4.69, 9.17) is 0 Å². The van der Waals surface area contributed by atoms with Crippen LogP contribution >= 0.6 is 0 Å². The molecule has 0 radical (unpaired) electrons. The first-order valence-electron chi connectivity index (χ1n) is 10.2. The van der Waals surface area contributed by atoms with Crippen molar-refractivity contribution < 1.29 is 15.0 Å². The molecular weight excluding hydrogens is 335 g/mol. The number of phenols is 1. The summed E-state index contributed by atoms with van der Waals surface area (Å²) in [7, 11) is 0. The van der Waals surface area contributed by atoms with Crippen molar-refractivity contribution in [3.05, 3.63) is 29.3 Å². The summed E-state index contributed by atoms with van der Waals surface area (Å²) in [5, 5.41) is 18.9. The standard InChI is InChI=1S/C22H36O3.Na.H/c1-2-3-4-5-6-7-8-9-10-11-12-13-14-16-19-17-15-18-20(23)21(19)22(24)25;;/h15,17-18,23H,2-14,16H2,1H3,(H,24,25);;. The van der Waals surface area contributed by atoms with Crippen molar-refractivity contribution >= 4 is 35.5 Å². The van der Waals surface area contributed by atoms with Gasteiger partial charge < -0.3 is 10.2 Å². The van der Waals surface area contributed by atoms with E-state index in [0.29, 0.717) is 0 Å². The van der Waals surface area contributed by atoms with Crippen LogP contribution in [0.2, 0.25) is 0 Å². The molecule has 0 atom stereocenters. The fourth-order valence-corrected chi connectivity index (χ4v) is 3.38. The van der Waals surface area contributed by atoms with Gasteiger partial charge >= 0.3 is 35.5 Å². The molecule has 0 bridgehead atoms. The number of aromatic hydroxyl groups is 1. The Labute approximate surface area is 181 Å². The van der Waals surface area contributed by atoms with Gasteiger partial charge in [-0.3, -0.25) is 0 Å². The predicted octanol–water partition coefficient (Wildman–Crippen LogP) is 6.08. The van der Waals surface area contributed by atoms with Gasteiger partial charge in [-0.15, -0.1) is 0 Å². The fourth-order valence-electron chi connectivity index (χ4n) is 3.38. The van der Waals surface area contributed by atoms with Crippen LogP contribution in [0, 0.1) is 0 Å². The normalized spacial score (nSPS) is 10.5. The third kappa shape index (κ3) is 11.3. The number of carboxylic acids is 1. The molecule has 0 aliphatic rings. The quantitative estimate of drug-likeness (QED) is 0.290. The van der Waals surface area contributed by atoms with Gasteiger partial charge in [-0.25, -0.2) is 4.79 Å². The monoisotopic (exact) mass is 372 g/mol. The van der Waals surface area contributed by atoms with E-state index in [1.165, 1.54) is 76.7 Å². The zero-order valence-corrected chi connectivity index (χ0v) is 15.9. The van der Waals surface area contributed by atoms with Crippen LogP contribution in [0.4, 0.5) is 0 Å². The summed E-state index contributed by atoms with van der Waals surface area (Å²) in [5.41, 5.74) is 0.817. The van der Waals surface area contributed by atoms with Crippen molar-refractivity contribution in [2.75, 3.05) is 0 Å². The van der Waals surface area contributed by atoms with Crippen LogP contribution in [-0.2, 0) is 6.42 Å². The number of aromatic carboxylic acids is 1. The summed E-state index contributed by atoms with van der Waals surface area (Å²) in [6.07, 6.45) is 17.7. The summed E-state index contributed by atoms with van der Waals surface area (Å²) < 4.78 is 0. The van der Waals surface area contributed by atoms with Gasteiger partial charge in [0, 0.05) is 0 Å². The Morgan fingerprint density at radius 3 is 1.73 bits per heavy atom. The zero-order valence-electron chi connectivity index (χ0n) is 15.9. The Bertz CT molecular complexity index is 488. The van der Waals surface area contributed by atoms with Crippen molar-refractivity contribution in [2.24, 2.45) is 0 Å². The van der Waals surface area contributed by atoms with Crippen molar-refractivity contribution in [1.82, 2.24) is 0 Å². The molecule has 0 spiro atoms. The van der Waals surface area contributed by atoms with Gasteiger partial charge in [0.05, 0.1) is 0 Å². The Balaban J connectivity index is 0.00000625. The summed E-state index contributed by atoms with van der Waals surface area (Å²) >= 11 is 0. The van der Waals surface area contributed by atoms with Gasteiger partial charge in [-0.05, 0) is 24.5 Å². The topological polar surface area (TPSA) is 57.5 Å². The number of hydrogen-bond donors (Lipinski definition) is 2. The van der Waals surface area contributed by atoms with E-state index in [2.05, 4.69) is 6.92 Å². The molecule has 144 valence electrons. The molecule has 0 fully saturated rings. The third-order valence-corrected chi connectivity index (χ3v) is 4.89. The molecule has 0 aliphatic heterocycles. The second kappa shape index (κ2) is 16.6. The molecule has 1 aromatic carbocycles. The SMILES string of the molecule is CCCCCCCCCCCCCCCc1cccc(O)c1C(=O)O.[NaH]. The summed E-state index contributed by atoms with van der Waals surface area (Å²) in [5.74, 6) is -1.16. The summed E-state index contributed by atoms with van der Waals surface area (Å²) in [6, 6.07) is 4.97. The molecule has 3 nitrogen and oxygen atoms in total. The van der Waals surface area contributed by atoms with Crippen LogP contribution in [0.15, 0.2) is 18.2 Å². The van der Waals surface area contributed by atoms with Gasteiger partial charge in [-0.2, -0.15) is 0 Å². The van der Waals surface area contributed by atoms with Crippen molar-refractivity contribution in [2.45, 2.75) is 96.8 Å². The minimum absolute atomic E-state index is 0. The molecule has 26 heavy (non-hydrogen) atoms. The average molecular weight is 373 g/mol. The van der Waals surface area contributed by atoms with E-state index in [9.17, 15) is 15.0 Å².